The maximum Gasteiger partial charge on any atom is 0.506 e. The van der Waals surface area contributed by atoms with Crippen LogP contribution in [0.15, 0.2) is 0 Å². The average Bonchev–Trinajstić information content (AvgIpc) is 2.12. The Morgan fingerprint density at radius 3 is 2.12 bits per heavy atom. The Kier molecular flexibility index (Phi) is 2.29. The van der Waals surface area contributed by atoms with E-state index in [2.05, 4.69) is 12.2 Å². The monoisotopic (exact) mass is 150 g/mol. The first kappa shape index (κ1) is 6.53. The van der Waals surface area contributed by atoms with E-state index in [4.69, 9.17) is 0 Å². The summed E-state index contributed by atoms with van der Waals surface area (Å²) in [5, 5.41) is 0. The van der Waals surface area contributed by atoms with Gasteiger partial charge < -0.3 is 0 Å². The van der Waals surface area contributed by atoms with E-state index in [0.717, 1.165) is 13.1 Å². The first-order valence-corrected chi connectivity index (χ1v) is 5.08. The third kappa shape index (κ3) is 1.44. The van der Waals surface area contributed by atoms with E-state index in [0.29, 0.717) is 0 Å². The van der Waals surface area contributed by atoms with Gasteiger partial charge in [0.25, 0.3) is 0 Å². The van der Waals surface area contributed by atoms with Crippen LogP contribution in [0.25, 0.3) is 0 Å². The molecule has 0 spiro atoms. The summed E-state index contributed by atoms with van der Waals surface area (Å²) in [6, 6.07) is 0. The molecule has 0 saturated carbocycles. The highest BCUT2D eigenvalue weighted by molar-refractivity contribution is 8.39. The summed E-state index contributed by atoms with van der Waals surface area (Å²) in [4.78, 5) is 0. The standard InChI is InChI=1S/C4H8NOPS/c6-7(8)5-3-1-2-4-5/h1-4H2/p+1. The molecule has 0 bridgehead atoms. The summed E-state index contributed by atoms with van der Waals surface area (Å²) < 4.78 is 12.5. The first-order valence-electron chi connectivity index (χ1n) is 2.72. The lowest BCUT2D eigenvalue weighted by molar-refractivity contribution is 0.507. The normalized spacial score (nSPS) is 23.9. The molecule has 0 aromatic carbocycles. The van der Waals surface area contributed by atoms with Gasteiger partial charge in [0.05, 0.1) is 0 Å². The Morgan fingerprint density at radius 2 is 1.88 bits per heavy atom. The van der Waals surface area contributed by atoms with Crippen LogP contribution in [0.1, 0.15) is 12.8 Å². The maximum atomic E-state index is 10.6. The summed E-state index contributed by atoms with van der Waals surface area (Å²) >= 11 is 3.83. The Balaban J connectivity index is 2.35. The molecular formula is C4H9NOPS+. The van der Waals surface area contributed by atoms with Crippen molar-refractivity contribution in [3.63, 3.8) is 0 Å². The van der Waals surface area contributed by atoms with Gasteiger partial charge in [0, 0.05) is 13.1 Å². The molecule has 0 aromatic heterocycles. The molecule has 46 valence electrons. The molecule has 0 aromatic rings. The minimum atomic E-state index is -1.32. The van der Waals surface area contributed by atoms with Gasteiger partial charge >= 0.3 is 7.15 Å². The van der Waals surface area contributed by atoms with Gasteiger partial charge in [-0.3, -0.25) is 0 Å². The van der Waals surface area contributed by atoms with Crippen molar-refractivity contribution >= 4 is 19.4 Å². The van der Waals surface area contributed by atoms with E-state index in [-0.39, 0.29) is 0 Å². The highest BCUT2D eigenvalue weighted by atomic mass is 32.7. The number of thiol groups is 1. The van der Waals surface area contributed by atoms with Gasteiger partial charge in [-0.25, -0.2) is 0 Å². The zero-order chi connectivity index (χ0) is 5.98. The van der Waals surface area contributed by atoms with Crippen LogP contribution in [0.4, 0.5) is 0 Å². The van der Waals surface area contributed by atoms with E-state index in [1.54, 1.807) is 0 Å². The van der Waals surface area contributed by atoms with Crippen molar-refractivity contribution in [1.29, 1.82) is 0 Å². The zero-order valence-corrected chi connectivity index (χ0v) is 6.37. The average molecular weight is 150 g/mol. The van der Waals surface area contributed by atoms with E-state index >= 15 is 0 Å². The van der Waals surface area contributed by atoms with Gasteiger partial charge in [0.1, 0.15) is 12.2 Å². The van der Waals surface area contributed by atoms with Crippen LogP contribution in [0, 0.1) is 0 Å². The maximum absolute atomic E-state index is 10.6. The molecule has 1 fully saturated rings. The third-order valence-electron chi connectivity index (χ3n) is 1.32. The van der Waals surface area contributed by atoms with E-state index in [1.165, 1.54) is 12.8 Å². The topological polar surface area (TPSA) is 20.3 Å². The van der Waals surface area contributed by atoms with Crippen LogP contribution in [0.3, 0.4) is 0 Å². The predicted molar refractivity (Wildman–Crippen MR) is 37.4 cm³/mol. The lowest BCUT2D eigenvalue weighted by Gasteiger charge is -1.92. The second kappa shape index (κ2) is 2.81. The molecule has 4 heteroatoms. The Bertz CT molecular complexity index is 102. The smallest absolute Gasteiger partial charge is 0.0860 e. The largest absolute Gasteiger partial charge is 0.506 e. The Labute approximate surface area is 55.3 Å². The van der Waals surface area contributed by atoms with Gasteiger partial charge in [-0.1, -0.05) is 4.67 Å². The molecule has 1 aliphatic rings. The number of hydrogen-bond acceptors (Lipinski definition) is 1. The van der Waals surface area contributed by atoms with Crippen molar-refractivity contribution in [2.24, 2.45) is 0 Å². The molecule has 1 aliphatic heterocycles. The zero-order valence-electron chi connectivity index (χ0n) is 4.58. The van der Waals surface area contributed by atoms with Crippen molar-refractivity contribution < 1.29 is 4.57 Å². The van der Waals surface area contributed by atoms with Crippen molar-refractivity contribution in [3.05, 3.63) is 0 Å². The molecular weight excluding hydrogens is 141 g/mol. The van der Waals surface area contributed by atoms with Crippen LogP contribution >= 0.6 is 19.4 Å². The summed E-state index contributed by atoms with van der Waals surface area (Å²) in [6.45, 7) is 1.94. The quantitative estimate of drug-likeness (QED) is 0.453. The van der Waals surface area contributed by atoms with Crippen LogP contribution in [-0.2, 0) is 4.57 Å². The van der Waals surface area contributed by atoms with Gasteiger partial charge in [-0.15, -0.1) is 0 Å². The highest BCUT2D eigenvalue weighted by Crippen LogP contribution is 2.34. The number of rotatable bonds is 1. The van der Waals surface area contributed by atoms with E-state index in [1.807, 2.05) is 4.67 Å². The van der Waals surface area contributed by atoms with Crippen LogP contribution in [0.5, 0.6) is 0 Å². The lowest BCUT2D eigenvalue weighted by Crippen LogP contribution is -2.05. The summed E-state index contributed by atoms with van der Waals surface area (Å²) in [6.07, 6.45) is 2.36. The second-order valence-corrected chi connectivity index (χ2v) is 4.01. The lowest BCUT2D eigenvalue weighted by atomic mass is 10.4. The molecule has 1 heterocycles. The molecule has 1 atom stereocenters. The molecule has 1 rings (SSSR count). The van der Waals surface area contributed by atoms with Gasteiger partial charge in [0.2, 0.25) is 0 Å². The fourth-order valence-corrected chi connectivity index (χ4v) is 2.03. The first-order chi connectivity index (χ1) is 3.80. The number of nitrogens with zero attached hydrogens (tertiary/aromatic N) is 1. The summed E-state index contributed by atoms with van der Waals surface area (Å²) in [5.41, 5.74) is 0. The predicted octanol–water partition coefficient (Wildman–Crippen LogP) is 1.67. The molecule has 2 nitrogen and oxygen atoms in total. The van der Waals surface area contributed by atoms with E-state index < -0.39 is 7.15 Å². The summed E-state index contributed by atoms with van der Waals surface area (Å²) in [7, 11) is -1.32. The SMILES string of the molecule is O=[P+](S)N1CCCC1. The third-order valence-corrected chi connectivity index (χ3v) is 2.97. The fraction of sp³-hybridized carbons (Fsp3) is 1.00. The van der Waals surface area contributed by atoms with Gasteiger partial charge in [0.15, 0.2) is 0 Å². The van der Waals surface area contributed by atoms with Gasteiger partial charge in [-0.2, -0.15) is 0 Å². The minimum absolute atomic E-state index is 0.971. The molecule has 1 saturated heterocycles. The highest BCUT2D eigenvalue weighted by Gasteiger charge is 2.26. The Hall–Kier alpha value is 0.410. The molecule has 8 heavy (non-hydrogen) atoms. The second-order valence-electron chi connectivity index (χ2n) is 1.91. The van der Waals surface area contributed by atoms with Crippen LogP contribution < -0.4 is 0 Å². The molecule has 1 unspecified atom stereocenters. The van der Waals surface area contributed by atoms with Crippen molar-refractivity contribution in [2.75, 3.05) is 13.1 Å². The number of hydrogen-bond donors (Lipinski definition) is 1. The summed E-state index contributed by atoms with van der Waals surface area (Å²) in [5.74, 6) is 0. The molecule has 0 amide bonds. The van der Waals surface area contributed by atoms with Crippen molar-refractivity contribution in [2.45, 2.75) is 12.8 Å². The van der Waals surface area contributed by atoms with Gasteiger partial charge in [-0.05, 0) is 17.4 Å². The van der Waals surface area contributed by atoms with Crippen molar-refractivity contribution in [3.8, 4) is 0 Å². The Morgan fingerprint density at radius 1 is 1.38 bits per heavy atom. The molecule has 0 radical (unpaired) electrons. The van der Waals surface area contributed by atoms with Crippen LogP contribution in [-0.4, -0.2) is 17.8 Å². The molecule has 0 N–H and O–H groups in total. The minimum Gasteiger partial charge on any atom is -0.0860 e. The van der Waals surface area contributed by atoms with Crippen molar-refractivity contribution in [1.82, 2.24) is 4.67 Å². The fourth-order valence-electron chi connectivity index (χ4n) is 0.872. The molecule has 0 aliphatic carbocycles. The van der Waals surface area contributed by atoms with Crippen LogP contribution in [0.2, 0.25) is 0 Å². The van der Waals surface area contributed by atoms with E-state index in [9.17, 15) is 4.57 Å².